The summed E-state index contributed by atoms with van der Waals surface area (Å²) < 4.78 is 19.1. The number of rotatable bonds is 8. The van der Waals surface area contributed by atoms with Crippen LogP contribution < -0.4 is 5.32 Å². The van der Waals surface area contributed by atoms with E-state index >= 15 is 0 Å². The van der Waals surface area contributed by atoms with E-state index in [-0.39, 0.29) is 18.1 Å². The number of amides is 1. The summed E-state index contributed by atoms with van der Waals surface area (Å²) in [6.07, 6.45) is 0.552. The summed E-state index contributed by atoms with van der Waals surface area (Å²) in [6, 6.07) is 6.23. The Bertz CT molecular complexity index is 1080. The average Bonchev–Trinajstić information content (AvgIpc) is 3.47. The molecule has 1 amide bonds. The molecular weight excluding hydrogens is 435 g/mol. The van der Waals surface area contributed by atoms with E-state index in [1.54, 1.807) is 17.6 Å². The largest absolute Gasteiger partial charge is 0.339 e. The quantitative estimate of drug-likeness (QED) is 0.402. The number of carbonyl (C=O) groups is 1. The van der Waals surface area contributed by atoms with E-state index in [4.69, 9.17) is 4.52 Å². The Morgan fingerprint density at radius 1 is 1.21 bits per heavy atom. The van der Waals surface area contributed by atoms with Crippen LogP contribution in [0.2, 0.25) is 0 Å². The second-order valence-corrected chi connectivity index (χ2v) is 8.60. The van der Waals surface area contributed by atoms with Crippen LogP contribution in [0.4, 0.5) is 9.52 Å². The molecule has 0 unspecified atom stereocenters. The number of aromatic nitrogens is 5. The summed E-state index contributed by atoms with van der Waals surface area (Å²) in [4.78, 5) is 20.7. The number of thiazole rings is 1. The predicted molar refractivity (Wildman–Crippen MR) is 108 cm³/mol. The molecule has 148 valence electrons. The van der Waals surface area contributed by atoms with Gasteiger partial charge in [0.1, 0.15) is 11.3 Å². The van der Waals surface area contributed by atoms with Gasteiger partial charge in [-0.2, -0.15) is 4.98 Å². The molecule has 1 aromatic carbocycles. The Morgan fingerprint density at radius 2 is 2.07 bits per heavy atom. The van der Waals surface area contributed by atoms with Crippen LogP contribution in [0.3, 0.4) is 0 Å². The molecule has 3 heterocycles. The molecule has 0 radical (unpaired) electrons. The summed E-state index contributed by atoms with van der Waals surface area (Å²) in [6.45, 7) is 0. The molecule has 0 atom stereocenters. The summed E-state index contributed by atoms with van der Waals surface area (Å²) in [5, 5.41) is 16.4. The Morgan fingerprint density at radius 3 is 2.86 bits per heavy atom. The molecule has 0 aliphatic rings. The lowest BCUT2D eigenvalue weighted by Crippen LogP contribution is -2.12. The van der Waals surface area contributed by atoms with E-state index in [1.807, 2.05) is 5.38 Å². The number of benzene rings is 1. The minimum absolute atomic E-state index is 0.188. The van der Waals surface area contributed by atoms with Gasteiger partial charge in [0.25, 0.3) is 0 Å². The normalized spacial score (nSPS) is 10.9. The average molecular weight is 449 g/mol. The number of aryl methyl sites for hydroxylation is 1. The molecule has 0 saturated carbocycles. The molecule has 0 spiro atoms. The predicted octanol–water partition coefficient (Wildman–Crippen LogP) is 4.05. The van der Waals surface area contributed by atoms with Crippen LogP contribution in [0.25, 0.3) is 11.3 Å². The van der Waals surface area contributed by atoms with Crippen molar-refractivity contribution in [1.82, 2.24) is 25.3 Å². The van der Waals surface area contributed by atoms with Crippen molar-refractivity contribution in [3.05, 3.63) is 52.7 Å². The van der Waals surface area contributed by atoms with Crippen LogP contribution in [0, 0.1) is 5.82 Å². The van der Waals surface area contributed by atoms with Gasteiger partial charge in [-0.25, -0.2) is 9.37 Å². The highest BCUT2D eigenvalue weighted by molar-refractivity contribution is 8.00. The van der Waals surface area contributed by atoms with Crippen LogP contribution in [0.15, 0.2) is 44.0 Å². The molecule has 0 aliphatic carbocycles. The zero-order valence-electron chi connectivity index (χ0n) is 14.7. The third-order valence-electron chi connectivity index (χ3n) is 3.63. The van der Waals surface area contributed by atoms with Gasteiger partial charge < -0.3 is 9.84 Å². The summed E-state index contributed by atoms with van der Waals surface area (Å²) in [5.41, 5.74) is 3.21. The van der Waals surface area contributed by atoms with Crippen LogP contribution >= 0.6 is 34.4 Å². The van der Waals surface area contributed by atoms with Crippen molar-refractivity contribution >= 4 is 45.5 Å². The molecule has 3 aromatic heterocycles. The highest BCUT2D eigenvalue weighted by Gasteiger charge is 2.12. The zero-order chi connectivity index (χ0) is 20.1. The maximum atomic E-state index is 13.0. The van der Waals surface area contributed by atoms with Crippen molar-refractivity contribution < 1.29 is 13.7 Å². The van der Waals surface area contributed by atoms with Crippen molar-refractivity contribution in [1.29, 1.82) is 0 Å². The zero-order valence-corrected chi connectivity index (χ0v) is 17.2. The standard InChI is InChI=1S/C17H13FN6O2S3/c18-11-3-1-10(2-4-11)12-7-27-17(20-12)28-8-13-21-15(26-24-13)6-5-14(25)22-16-23-19-9-29-16/h1-4,7,9H,5-6,8H2,(H,22,23,25). The van der Waals surface area contributed by atoms with Crippen molar-refractivity contribution in [3.8, 4) is 11.3 Å². The van der Waals surface area contributed by atoms with Crippen molar-refractivity contribution in [2.24, 2.45) is 0 Å². The Kier molecular flexibility index (Phi) is 6.22. The van der Waals surface area contributed by atoms with Gasteiger partial charge >= 0.3 is 0 Å². The summed E-state index contributed by atoms with van der Waals surface area (Å²) in [5.74, 6) is 0.972. The molecule has 4 aromatic rings. The van der Waals surface area contributed by atoms with E-state index in [0.717, 1.165) is 15.6 Å². The number of halogens is 1. The fraction of sp³-hybridized carbons (Fsp3) is 0.176. The molecule has 0 aliphatic heterocycles. The highest BCUT2D eigenvalue weighted by atomic mass is 32.2. The number of nitrogens with zero attached hydrogens (tertiary/aromatic N) is 5. The molecule has 1 N–H and O–H groups in total. The van der Waals surface area contributed by atoms with Gasteiger partial charge in [-0.3, -0.25) is 4.79 Å². The summed E-state index contributed by atoms with van der Waals surface area (Å²) >= 11 is 4.24. The third kappa shape index (κ3) is 5.43. The third-order valence-corrected chi connectivity index (χ3v) is 6.25. The number of hydrogen-bond acceptors (Lipinski definition) is 10. The van der Waals surface area contributed by atoms with E-state index < -0.39 is 0 Å². The van der Waals surface area contributed by atoms with Gasteiger partial charge in [0.2, 0.25) is 16.9 Å². The first-order valence-corrected chi connectivity index (χ1v) is 11.1. The lowest BCUT2D eigenvalue weighted by molar-refractivity contribution is -0.116. The Hall–Kier alpha value is -2.70. The topological polar surface area (TPSA) is 107 Å². The van der Waals surface area contributed by atoms with Gasteiger partial charge in [0.15, 0.2) is 10.2 Å². The summed E-state index contributed by atoms with van der Waals surface area (Å²) in [7, 11) is 0. The van der Waals surface area contributed by atoms with Crippen molar-refractivity contribution in [2.75, 3.05) is 5.32 Å². The van der Waals surface area contributed by atoms with Crippen LogP contribution in [0.1, 0.15) is 18.1 Å². The van der Waals surface area contributed by atoms with Crippen molar-refractivity contribution in [3.63, 3.8) is 0 Å². The molecule has 0 saturated heterocycles. The number of nitrogens with one attached hydrogen (secondary N) is 1. The van der Waals surface area contributed by atoms with Crippen LogP contribution in [-0.4, -0.2) is 31.2 Å². The molecule has 4 rings (SSSR count). The fourth-order valence-electron chi connectivity index (χ4n) is 2.28. The Labute approximate surface area is 176 Å². The van der Waals surface area contributed by atoms with Gasteiger partial charge in [-0.15, -0.1) is 21.5 Å². The van der Waals surface area contributed by atoms with Gasteiger partial charge in [-0.1, -0.05) is 28.3 Å². The molecule has 29 heavy (non-hydrogen) atoms. The number of carbonyl (C=O) groups excluding carboxylic acids is 1. The SMILES string of the molecule is O=C(CCc1nc(CSc2nc(-c3ccc(F)cc3)cs2)no1)Nc1nncs1. The highest BCUT2D eigenvalue weighted by Crippen LogP contribution is 2.30. The maximum absolute atomic E-state index is 13.0. The number of anilines is 1. The number of thioether (sulfide) groups is 1. The molecule has 12 heteroatoms. The molecule has 8 nitrogen and oxygen atoms in total. The van der Waals surface area contributed by atoms with Gasteiger partial charge in [-0.05, 0) is 24.3 Å². The first-order valence-electron chi connectivity index (χ1n) is 8.37. The first-order chi connectivity index (χ1) is 14.2. The lowest BCUT2D eigenvalue weighted by Gasteiger charge is -1.97. The van der Waals surface area contributed by atoms with Gasteiger partial charge in [0, 0.05) is 23.8 Å². The van der Waals surface area contributed by atoms with E-state index in [9.17, 15) is 9.18 Å². The van der Waals surface area contributed by atoms with Gasteiger partial charge in [0.05, 0.1) is 11.4 Å². The minimum Gasteiger partial charge on any atom is -0.339 e. The minimum atomic E-state index is -0.274. The van der Waals surface area contributed by atoms with E-state index in [2.05, 4.69) is 30.6 Å². The second kappa shape index (κ2) is 9.20. The molecule has 0 bridgehead atoms. The second-order valence-electron chi connectivity index (χ2n) is 5.69. The maximum Gasteiger partial charge on any atom is 0.227 e. The van der Waals surface area contributed by atoms with E-state index in [0.29, 0.717) is 29.0 Å². The Balaban J connectivity index is 1.26. The van der Waals surface area contributed by atoms with Crippen molar-refractivity contribution in [2.45, 2.75) is 22.9 Å². The first kappa shape index (κ1) is 19.6. The van der Waals surface area contributed by atoms with Crippen LogP contribution in [0.5, 0.6) is 0 Å². The lowest BCUT2D eigenvalue weighted by atomic mass is 10.2. The van der Waals surface area contributed by atoms with Crippen LogP contribution in [-0.2, 0) is 17.0 Å². The monoisotopic (exact) mass is 448 g/mol. The smallest absolute Gasteiger partial charge is 0.227 e. The number of hydrogen-bond donors (Lipinski definition) is 1. The van der Waals surface area contributed by atoms with E-state index in [1.165, 1.54) is 46.6 Å². The molecular formula is C17H13FN6O2S3. The fourth-order valence-corrected chi connectivity index (χ4v) is 4.42. The molecule has 0 fully saturated rings.